The van der Waals surface area contributed by atoms with Gasteiger partial charge in [0.2, 0.25) is 12.0 Å². The van der Waals surface area contributed by atoms with Crippen molar-refractivity contribution in [3.05, 3.63) is 41.5 Å². The van der Waals surface area contributed by atoms with Crippen molar-refractivity contribution in [1.29, 1.82) is 0 Å². The molecule has 6 atom stereocenters. The number of fused-ring (bicyclic) bond motifs is 1. The first-order valence-corrected chi connectivity index (χ1v) is 9.76. The van der Waals surface area contributed by atoms with Crippen molar-refractivity contribution in [2.45, 2.75) is 43.2 Å². The number of phenolic OH excluding ortho intramolecular Hbond substituents is 3. The van der Waals surface area contributed by atoms with Crippen molar-refractivity contribution < 1.29 is 54.8 Å². The fourth-order valence-corrected chi connectivity index (χ4v) is 3.67. The van der Waals surface area contributed by atoms with Crippen LogP contribution in [0.25, 0.3) is 0 Å². The summed E-state index contributed by atoms with van der Waals surface area (Å²) in [4.78, 5) is 12.6. The molecule has 7 N–H and O–H groups in total. The van der Waals surface area contributed by atoms with Gasteiger partial charge >= 0.3 is 0 Å². The van der Waals surface area contributed by atoms with Crippen molar-refractivity contribution in [3.8, 4) is 28.7 Å². The van der Waals surface area contributed by atoms with Gasteiger partial charge in [0.1, 0.15) is 30.5 Å². The molecule has 0 radical (unpaired) electrons. The lowest BCUT2D eigenvalue weighted by atomic mass is 9.95. The minimum Gasteiger partial charge on any atom is -0.504 e. The van der Waals surface area contributed by atoms with E-state index in [1.54, 1.807) is 0 Å². The van der Waals surface area contributed by atoms with Gasteiger partial charge in [-0.25, -0.2) is 0 Å². The van der Waals surface area contributed by atoms with Crippen LogP contribution < -0.4 is 9.47 Å². The highest BCUT2D eigenvalue weighted by Crippen LogP contribution is 2.46. The van der Waals surface area contributed by atoms with E-state index in [0.717, 1.165) is 0 Å². The monoisotopic (exact) mass is 450 g/mol. The number of aliphatic hydroxyl groups excluding tert-OH is 4. The standard InChI is InChI=1S/C21H22O11/c22-7-15-16(26)18(28)19(29)21(32-15)31-13-4-2-9-11(24)6-14(30-20(9)17(13)27)8-1-3-10(23)12(25)5-8/h1-5,14-16,18-19,21-23,25-29H,6-7H2/t14-,15+,16-,18-,19-,21+/m1/s1. The number of hydrogen-bond donors (Lipinski definition) is 7. The number of Topliss-reactive ketones (excluding diaryl/α,β-unsaturated/α-hetero) is 1. The zero-order valence-electron chi connectivity index (χ0n) is 16.5. The highest BCUT2D eigenvalue weighted by atomic mass is 16.7. The number of aliphatic hydroxyl groups is 4. The minimum atomic E-state index is -1.70. The number of ketones is 1. The Labute approximate surface area is 181 Å². The highest BCUT2D eigenvalue weighted by molar-refractivity contribution is 6.01. The lowest BCUT2D eigenvalue weighted by Gasteiger charge is -2.39. The summed E-state index contributed by atoms with van der Waals surface area (Å²) in [6, 6.07) is 6.55. The van der Waals surface area contributed by atoms with Gasteiger partial charge in [0.15, 0.2) is 28.8 Å². The summed E-state index contributed by atoms with van der Waals surface area (Å²) in [5.41, 5.74) is 0.474. The molecular formula is C21H22O11. The molecule has 0 unspecified atom stereocenters. The molecule has 2 aliphatic rings. The average molecular weight is 450 g/mol. The van der Waals surface area contributed by atoms with Crippen LogP contribution in [0, 0.1) is 0 Å². The number of rotatable bonds is 4. The molecule has 0 amide bonds. The third-order valence-electron chi connectivity index (χ3n) is 5.49. The molecule has 0 saturated carbocycles. The van der Waals surface area contributed by atoms with Gasteiger partial charge in [-0.3, -0.25) is 4.79 Å². The predicted molar refractivity (Wildman–Crippen MR) is 105 cm³/mol. The fourth-order valence-electron chi connectivity index (χ4n) is 3.67. The van der Waals surface area contributed by atoms with Gasteiger partial charge < -0.3 is 50.0 Å². The van der Waals surface area contributed by atoms with Crippen molar-refractivity contribution in [1.82, 2.24) is 0 Å². The summed E-state index contributed by atoms with van der Waals surface area (Å²) in [6.45, 7) is -0.653. The molecule has 1 fully saturated rings. The third kappa shape index (κ3) is 3.80. The molecule has 11 nitrogen and oxygen atoms in total. The van der Waals surface area contributed by atoms with Gasteiger partial charge in [-0.05, 0) is 29.8 Å². The van der Waals surface area contributed by atoms with Crippen LogP contribution in [0.4, 0.5) is 0 Å². The van der Waals surface area contributed by atoms with E-state index in [0.29, 0.717) is 5.56 Å². The van der Waals surface area contributed by atoms with Crippen molar-refractivity contribution in [3.63, 3.8) is 0 Å². The SMILES string of the molecule is O=C1C[C@H](c2ccc(O)c(O)c2)Oc2c1ccc(O[C@H]1O[C@@H](CO)[C@@H](O)[C@@H](O)[C@H]1O)c2O. The zero-order chi connectivity index (χ0) is 23.2. The van der Waals surface area contributed by atoms with E-state index in [9.17, 15) is 40.5 Å². The maximum atomic E-state index is 12.6. The summed E-state index contributed by atoms with van der Waals surface area (Å²) >= 11 is 0. The van der Waals surface area contributed by atoms with Crippen LogP contribution in [0.3, 0.4) is 0 Å². The lowest BCUT2D eigenvalue weighted by molar-refractivity contribution is -0.277. The Morgan fingerprint density at radius 2 is 1.72 bits per heavy atom. The maximum absolute atomic E-state index is 12.6. The second kappa shape index (κ2) is 8.45. The molecule has 11 heteroatoms. The number of phenols is 3. The van der Waals surface area contributed by atoms with Gasteiger partial charge in [-0.15, -0.1) is 0 Å². The van der Waals surface area contributed by atoms with Crippen LogP contribution in [0.1, 0.15) is 28.4 Å². The highest BCUT2D eigenvalue weighted by Gasteiger charge is 2.45. The number of hydrogen-bond acceptors (Lipinski definition) is 11. The largest absolute Gasteiger partial charge is 0.504 e. The molecule has 0 spiro atoms. The summed E-state index contributed by atoms with van der Waals surface area (Å²) in [5.74, 6) is -2.09. The first-order chi connectivity index (χ1) is 15.2. The molecule has 0 aromatic heterocycles. The Kier molecular flexibility index (Phi) is 5.84. The molecule has 2 heterocycles. The van der Waals surface area contributed by atoms with Crippen LogP contribution in [0.5, 0.6) is 28.7 Å². The van der Waals surface area contributed by atoms with Crippen molar-refractivity contribution in [2.75, 3.05) is 6.61 Å². The number of benzene rings is 2. The second-order valence-electron chi connectivity index (χ2n) is 7.59. The Balaban J connectivity index is 1.61. The zero-order valence-corrected chi connectivity index (χ0v) is 16.5. The minimum absolute atomic E-state index is 0.0798. The molecule has 0 bridgehead atoms. The van der Waals surface area contributed by atoms with E-state index in [1.165, 1.54) is 30.3 Å². The Morgan fingerprint density at radius 1 is 0.969 bits per heavy atom. The predicted octanol–water partition coefficient (Wildman–Crippen LogP) is -0.311. The molecule has 172 valence electrons. The molecule has 4 rings (SSSR count). The van der Waals surface area contributed by atoms with Crippen LogP contribution in [0.2, 0.25) is 0 Å². The van der Waals surface area contributed by atoms with Crippen LogP contribution in [0.15, 0.2) is 30.3 Å². The van der Waals surface area contributed by atoms with Crippen molar-refractivity contribution >= 4 is 5.78 Å². The van der Waals surface area contributed by atoms with Crippen molar-refractivity contribution in [2.24, 2.45) is 0 Å². The molecule has 32 heavy (non-hydrogen) atoms. The van der Waals surface area contributed by atoms with Crippen LogP contribution in [-0.4, -0.2) is 78.8 Å². The molecular weight excluding hydrogens is 428 g/mol. The molecule has 2 aromatic rings. The fraction of sp³-hybridized carbons (Fsp3) is 0.381. The average Bonchev–Trinajstić information content (AvgIpc) is 2.77. The molecule has 2 aromatic carbocycles. The summed E-state index contributed by atoms with van der Waals surface area (Å²) in [7, 11) is 0. The molecule has 2 aliphatic heterocycles. The summed E-state index contributed by atoms with van der Waals surface area (Å²) < 4.78 is 16.5. The van der Waals surface area contributed by atoms with Crippen LogP contribution >= 0.6 is 0 Å². The topological polar surface area (TPSA) is 186 Å². The van der Waals surface area contributed by atoms with Gasteiger partial charge in [0.25, 0.3) is 0 Å². The third-order valence-corrected chi connectivity index (χ3v) is 5.49. The van der Waals surface area contributed by atoms with Gasteiger partial charge in [-0.1, -0.05) is 6.07 Å². The first-order valence-electron chi connectivity index (χ1n) is 9.76. The van der Waals surface area contributed by atoms with Gasteiger partial charge in [0.05, 0.1) is 18.6 Å². The lowest BCUT2D eigenvalue weighted by Crippen LogP contribution is -2.60. The quantitative estimate of drug-likeness (QED) is 0.303. The number of aromatic hydroxyl groups is 3. The van der Waals surface area contributed by atoms with E-state index >= 15 is 0 Å². The van der Waals surface area contributed by atoms with Gasteiger partial charge in [-0.2, -0.15) is 0 Å². The number of ether oxygens (including phenoxy) is 3. The smallest absolute Gasteiger partial charge is 0.229 e. The van der Waals surface area contributed by atoms with E-state index < -0.39 is 54.9 Å². The molecule has 0 aliphatic carbocycles. The van der Waals surface area contributed by atoms with Gasteiger partial charge in [0, 0.05) is 0 Å². The summed E-state index contributed by atoms with van der Waals surface area (Å²) in [6.07, 6.45) is -8.64. The Morgan fingerprint density at radius 3 is 2.41 bits per heavy atom. The Hall–Kier alpha value is -3.09. The Bertz CT molecular complexity index is 1020. The van der Waals surface area contributed by atoms with E-state index in [1.807, 2.05) is 0 Å². The van der Waals surface area contributed by atoms with E-state index in [2.05, 4.69) is 0 Å². The normalized spacial score (nSPS) is 29.8. The van der Waals surface area contributed by atoms with E-state index in [4.69, 9.17) is 14.2 Å². The van der Waals surface area contributed by atoms with Crippen LogP contribution in [-0.2, 0) is 4.74 Å². The number of carbonyl (C=O) groups is 1. The molecule has 1 saturated heterocycles. The first kappa shape index (κ1) is 22.1. The maximum Gasteiger partial charge on any atom is 0.229 e. The number of carbonyl (C=O) groups excluding carboxylic acids is 1. The van der Waals surface area contributed by atoms with E-state index in [-0.39, 0.29) is 35.0 Å². The summed E-state index contributed by atoms with van der Waals surface area (Å²) in [5, 5.41) is 69.1. The second-order valence-corrected chi connectivity index (χ2v) is 7.59.